The summed E-state index contributed by atoms with van der Waals surface area (Å²) >= 11 is 0. The van der Waals surface area contributed by atoms with Gasteiger partial charge < -0.3 is 31.9 Å². The molecule has 0 aromatic heterocycles. The Morgan fingerprint density at radius 1 is 0.857 bits per heavy atom. The maximum atomic E-state index is 12.5. The molecule has 10 heteroatoms. The minimum Gasteiger partial charge on any atom is -0.480 e. The van der Waals surface area contributed by atoms with Crippen LogP contribution >= 0.6 is 0 Å². The first-order chi connectivity index (χ1) is 12.8. The third kappa shape index (κ3) is 8.66. The zero-order valence-electron chi connectivity index (χ0n) is 17.4. The molecule has 0 aliphatic carbocycles. The molecule has 0 fully saturated rings. The van der Waals surface area contributed by atoms with Crippen LogP contribution in [0.25, 0.3) is 0 Å². The van der Waals surface area contributed by atoms with Crippen molar-refractivity contribution in [2.75, 3.05) is 0 Å². The van der Waals surface area contributed by atoms with Gasteiger partial charge in [0.1, 0.15) is 24.2 Å². The summed E-state index contributed by atoms with van der Waals surface area (Å²) in [5.74, 6) is -3.38. The molecule has 0 aromatic rings. The summed E-state index contributed by atoms with van der Waals surface area (Å²) < 4.78 is 0. The standard InChI is InChI=1S/C18H34N4O6/c1-8(2)7-12(16(25)22-14(9(3)4)18(27)28)21-15(24)10(5)20-17(26)13(19)11(6)23/h8-14,23H,7,19H2,1-6H3,(H,20,26)(H,21,24)(H,22,25)(H,27,28). The SMILES string of the molecule is CC(C)CC(NC(=O)C(C)NC(=O)C(N)C(C)O)C(=O)NC(C(=O)O)C(C)C. The summed E-state index contributed by atoms with van der Waals surface area (Å²) in [6, 6.07) is -4.23. The minimum atomic E-state index is -1.19. The molecule has 0 radical (unpaired) electrons. The van der Waals surface area contributed by atoms with Crippen molar-refractivity contribution in [3.8, 4) is 0 Å². The first-order valence-electron chi connectivity index (χ1n) is 9.35. The molecule has 0 aliphatic heterocycles. The van der Waals surface area contributed by atoms with E-state index in [1.54, 1.807) is 13.8 Å². The van der Waals surface area contributed by atoms with Crippen LogP contribution in [-0.4, -0.2) is 64.2 Å². The first-order valence-corrected chi connectivity index (χ1v) is 9.35. The van der Waals surface area contributed by atoms with Crippen LogP contribution in [0.4, 0.5) is 0 Å². The predicted molar refractivity (Wildman–Crippen MR) is 103 cm³/mol. The van der Waals surface area contributed by atoms with Crippen molar-refractivity contribution in [2.45, 2.75) is 78.2 Å². The van der Waals surface area contributed by atoms with Crippen molar-refractivity contribution in [2.24, 2.45) is 17.6 Å². The maximum Gasteiger partial charge on any atom is 0.326 e. The predicted octanol–water partition coefficient (Wildman–Crippen LogP) is -1.04. The van der Waals surface area contributed by atoms with E-state index < -0.39 is 54.0 Å². The first kappa shape index (κ1) is 25.8. The second-order valence-corrected chi connectivity index (χ2v) is 7.76. The molecule has 162 valence electrons. The zero-order chi connectivity index (χ0) is 22.2. The Balaban J connectivity index is 5.12. The Kier molecular flexibility index (Phi) is 10.7. The Labute approximate surface area is 165 Å². The van der Waals surface area contributed by atoms with E-state index in [2.05, 4.69) is 16.0 Å². The molecule has 0 rings (SSSR count). The van der Waals surface area contributed by atoms with Crippen molar-refractivity contribution < 1.29 is 29.4 Å². The van der Waals surface area contributed by atoms with Gasteiger partial charge in [-0.1, -0.05) is 27.7 Å². The summed E-state index contributed by atoms with van der Waals surface area (Å²) in [6.45, 7) is 9.81. The second-order valence-electron chi connectivity index (χ2n) is 7.76. The molecule has 10 nitrogen and oxygen atoms in total. The van der Waals surface area contributed by atoms with Gasteiger partial charge in [0.25, 0.3) is 0 Å². The van der Waals surface area contributed by atoms with Gasteiger partial charge in [-0.15, -0.1) is 0 Å². The smallest absolute Gasteiger partial charge is 0.326 e. The number of carbonyl (C=O) groups excluding carboxylic acids is 3. The largest absolute Gasteiger partial charge is 0.480 e. The lowest BCUT2D eigenvalue weighted by Gasteiger charge is -2.26. The van der Waals surface area contributed by atoms with Gasteiger partial charge in [0.2, 0.25) is 17.7 Å². The Morgan fingerprint density at radius 2 is 1.39 bits per heavy atom. The summed E-state index contributed by atoms with van der Waals surface area (Å²) in [5.41, 5.74) is 5.52. The Hall–Kier alpha value is -2.20. The number of carbonyl (C=O) groups is 4. The van der Waals surface area contributed by atoms with Gasteiger partial charge in [0, 0.05) is 0 Å². The molecule has 5 unspecified atom stereocenters. The zero-order valence-corrected chi connectivity index (χ0v) is 17.4. The van der Waals surface area contributed by atoms with E-state index in [9.17, 15) is 29.4 Å². The molecule has 28 heavy (non-hydrogen) atoms. The number of hydrogen-bond donors (Lipinski definition) is 6. The summed E-state index contributed by atoms with van der Waals surface area (Å²) in [6.07, 6.45) is -0.797. The average molecular weight is 402 g/mol. The van der Waals surface area contributed by atoms with Gasteiger partial charge in [0.15, 0.2) is 0 Å². The van der Waals surface area contributed by atoms with Gasteiger partial charge in [0.05, 0.1) is 6.10 Å². The van der Waals surface area contributed by atoms with Gasteiger partial charge >= 0.3 is 5.97 Å². The Morgan fingerprint density at radius 3 is 1.79 bits per heavy atom. The molecule has 0 saturated heterocycles. The number of carboxylic acids is 1. The van der Waals surface area contributed by atoms with Crippen LogP contribution in [0.5, 0.6) is 0 Å². The number of hydrogen-bond acceptors (Lipinski definition) is 6. The molecule has 0 heterocycles. The quantitative estimate of drug-likeness (QED) is 0.256. The fourth-order valence-electron chi connectivity index (χ4n) is 2.36. The van der Waals surface area contributed by atoms with Gasteiger partial charge in [-0.25, -0.2) is 4.79 Å². The highest BCUT2D eigenvalue weighted by Crippen LogP contribution is 2.08. The van der Waals surface area contributed by atoms with E-state index in [0.717, 1.165) is 0 Å². The van der Waals surface area contributed by atoms with Gasteiger partial charge in [-0.3, -0.25) is 14.4 Å². The lowest BCUT2D eigenvalue weighted by atomic mass is 10.00. The molecular weight excluding hydrogens is 368 g/mol. The number of carboxylic acid groups (broad SMARTS) is 1. The fraction of sp³-hybridized carbons (Fsp3) is 0.778. The minimum absolute atomic E-state index is 0.0481. The van der Waals surface area contributed by atoms with E-state index >= 15 is 0 Å². The van der Waals surface area contributed by atoms with Crippen molar-refractivity contribution in [3.05, 3.63) is 0 Å². The van der Waals surface area contributed by atoms with E-state index in [4.69, 9.17) is 5.73 Å². The van der Waals surface area contributed by atoms with Crippen LogP contribution in [-0.2, 0) is 19.2 Å². The maximum absolute atomic E-state index is 12.5. The number of nitrogens with one attached hydrogen (secondary N) is 3. The molecule has 0 aromatic carbocycles. The van der Waals surface area contributed by atoms with E-state index in [1.807, 2.05) is 13.8 Å². The molecule has 0 aliphatic rings. The number of aliphatic hydroxyl groups is 1. The van der Waals surface area contributed by atoms with Crippen molar-refractivity contribution in [3.63, 3.8) is 0 Å². The van der Waals surface area contributed by atoms with Crippen LogP contribution in [0.2, 0.25) is 0 Å². The molecule has 5 atom stereocenters. The van der Waals surface area contributed by atoms with Crippen molar-refractivity contribution >= 4 is 23.7 Å². The number of aliphatic carboxylic acids is 1. The number of nitrogens with two attached hydrogens (primary N) is 1. The third-order valence-electron chi connectivity index (χ3n) is 4.15. The Bertz CT molecular complexity index is 564. The van der Waals surface area contributed by atoms with Gasteiger partial charge in [-0.2, -0.15) is 0 Å². The molecule has 0 spiro atoms. The normalized spacial score (nSPS) is 16.6. The van der Waals surface area contributed by atoms with Crippen LogP contribution in [0.3, 0.4) is 0 Å². The molecular formula is C18H34N4O6. The topological polar surface area (TPSA) is 171 Å². The molecule has 7 N–H and O–H groups in total. The van der Waals surface area contributed by atoms with Crippen molar-refractivity contribution in [1.29, 1.82) is 0 Å². The summed E-state index contributed by atoms with van der Waals surface area (Å²) in [5, 5.41) is 25.9. The van der Waals surface area contributed by atoms with E-state index in [-0.39, 0.29) is 18.3 Å². The van der Waals surface area contributed by atoms with E-state index in [0.29, 0.717) is 0 Å². The van der Waals surface area contributed by atoms with Crippen molar-refractivity contribution in [1.82, 2.24) is 16.0 Å². The number of aliphatic hydroxyl groups excluding tert-OH is 1. The highest BCUT2D eigenvalue weighted by atomic mass is 16.4. The van der Waals surface area contributed by atoms with Crippen LogP contribution < -0.4 is 21.7 Å². The monoisotopic (exact) mass is 402 g/mol. The van der Waals surface area contributed by atoms with E-state index in [1.165, 1.54) is 13.8 Å². The summed E-state index contributed by atoms with van der Waals surface area (Å²) in [4.78, 5) is 48.1. The highest BCUT2D eigenvalue weighted by Gasteiger charge is 2.30. The van der Waals surface area contributed by atoms with Crippen LogP contribution in [0, 0.1) is 11.8 Å². The lowest BCUT2D eigenvalue weighted by molar-refractivity contribution is -0.143. The fourth-order valence-corrected chi connectivity index (χ4v) is 2.36. The highest BCUT2D eigenvalue weighted by molar-refractivity contribution is 5.94. The number of amides is 3. The third-order valence-corrected chi connectivity index (χ3v) is 4.15. The second kappa shape index (κ2) is 11.6. The average Bonchev–Trinajstić information content (AvgIpc) is 2.56. The molecule has 0 bridgehead atoms. The number of rotatable bonds is 11. The molecule has 0 saturated carbocycles. The van der Waals surface area contributed by atoms with Crippen LogP contribution in [0.1, 0.15) is 48.0 Å². The molecule has 3 amide bonds. The van der Waals surface area contributed by atoms with Gasteiger partial charge in [-0.05, 0) is 32.1 Å². The lowest BCUT2D eigenvalue weighted by Crippen LogP contribution is -2.58. The van der Waals surface area contributed by atoms with Crippen LogP contribution in [0.15, 0.2) is 0 Å². The summed E-state index contributed by atoms with van der Waals surface area (Å²) in [7, 11) is 0.